The van der Waals surface area contributed by atoms with Crippen LogP contribution in [0.2, 0.25) is 0 Å². The van der Waals surface area contributed by atoms with Gasteiger partial charge in [0.15, 0.2) is 0 Å². The zero-order chi connectivity index (χ0) is 24.7. The third-order valence-corrected chi connectivity index (χ3v) is 7.34. The Morgan fingerprint density at radius 1 is 1.00 bits per heavy atom. The molecule has 2 unspecified atom stereocenters. The zero-order valence-electron chi connectivity index (χ0n) is 18.9. The molecule has 9 heteroatoms. The van der Waals surface area contributed by atoms with Gasteiger partial charge in [0.1, 0.15) is 12.5 Å². The minimum atomic E-state index is -3.20. The second kappa shape index (κ2) is 8.94. The van der Waals surface area contributed by atoms with Gasteiger partial charge in [0.05, 0.1) is 5.92 Å². The minimum Gasteiger partial charge on any atom is -0.481 e. The topological polar surface area (TPSA) is 105 Å². The van der Waals surface area contributed by atoms with Crippen LogP contribution >= 0.6 is 0 Å². The van der Waals surface area contributed by atoms with Gasteiger partial charge in [-0.25, -0.2) is 13.6 Å². The fourth-order valence-corrected chi connectivity index (χ4v) is 5.40. The fraction of sp³-hybridized carbons (Fsp3) is 0.423. The Balaban J connectivity index is 1.10. The van der Waals surface area contributed by atoms with Crippen molar-refractivity contribution in [3.8, 4) is 11.1 Å². The average molecular weight is 484 g/mol. The third-order valence-electron chi connectivity index (χ3n) is 7.34. The monoisotopic (exact) mass is 484 g/mol. The van der Waals surface area contributed by atoms with Crippen molar-refractivity contribution in [2.75, 3.05) is 13.2 Å². The van der Waals surface area contributed by atoms with Crippen molar-refractivity contribution in [2.24, 2.45) is 17.8 Å². The molecule has 0 aromatic heterocycles. The molecule has 2 atom stereocenters. The molecule has 2 fully saturated rings. The molecule has 2 amide bonds. The van der Waals surface area contributed by atoms with Crippen LogP contribution in [-0.4, -0.2) is 48.2 Å². The number of nitrogens with one attached hydrogen (secondary N) is 2. The summed E-state index contributed by atoms with van der Waals surface area (Å²) in [6.45, 7) is -0.294. The first kappa shape index (κ1) is 23.3. The maximum Gasteiger partial charge on any atom is 0.407 e. The van der Waals surface area contributed by atoms with E-state index in [1.807, 2.05) is 48.5 Å². The number of carboxylic acid groups (broad SMARTS) is 1. The van der Waals surface area contributed by atoms with Crippen LogP contribution in [0.25, 0.3) is 11.1 Å². The Hall–Kier alpha value is -3.49. The molecule has 3 aliphatic carbocycles. The summed E-state index contributed by atoms with van der Waals surface area (Å²) in [6, 6.07) is 15.5. The van der Waals surface area contributed by atoms with Crippen LogP contribution < -0.4 is 10.6 Å². The highest BCUT2D eigenvalue weighted by molar-refractivity contribution is 5.84. The number of alkyl halides is 2. The number of aliphatic carboxylic acids is 1. The standard InChI is InChI=1S/C26H26F2N2O5/c27-26(28)21(23(26)24(33)30-15-9-14(10-15)11-22(31)32)12-29-25(34)35-13-20-18-7-3-1-5-16(18)17-6-2-4-8-19(17)20/h1-8,14-15,20-21,23H,9-13H2,(H,29,34)(H,30,33)(H,31,32). The fourth-order valence-electron chi connectivity index (χ4n) is 5.40. The van der Waals surface area contributed by atoms with E-state index in [0.717, 1.165) is 22.3 Å². The molecule has 5 rings (SSSR count). The molecule has 2 aromatic carbocycles. The molecule has 0 aliphatic heterocycles. The Morgan fingerprint density at radius 2 is 1.60 bits per heavy atom. The summed E-state index contributed by atoms with van der Waals surface area (Å²) in [7, 11) is 0. The van der Waals surface area contributed by atoms with Crippen molar-refractivity contribution in [3.05, 3.63) is 59.7 Å². The molecule has 3 aliphatic rings. The second-order valence-electron chi connectivity index (χ2n) is 9.61. The van der Waals surface area contributed by atoms with E-state index >= 15 is 0 Å². The number of hydrogen-bond acceptors (Lipinski definition) is 4. The Kier molecular flexibility index (Phi) is 5.94. The Labute approximate surface area is 200 Å². The summed E-state index contributed by atoms with van der Waals surface area (Å²) in [4.78, 5) is 35.3. The van der Waals surface area contributed by atoms with Crippen LogP contribution in [0.3, 0.4) is 0 Å². The molecule has 7 nitrogen and oxygen atoms in total. The van der Waals surface area contributed by atoms with Gasteiger partial charge < -0.3 is 20.5 Å². The van der Waals surface area contributed by atoms with Crippen molar-refractivity contribution in [2.45, 2.75) is 37.1 Å². The number of carbonyl (C=O) groups is 3. The lowest BCUT2D eigenvalue weighted by atomic mass is 9.78. The van der Waals surface area contributed by atoms with E-state index in [-0.39, 0.29) is 37.5 Å². The molecular weight excluding hydrogens is 458 g/mol. The third kappa shape index (κ3) is 4.47. The smallest absolute Gasteiger partial charge is 0.407 e. The van der Waals surface area contributed by atoms with Crippen molar-refractivity contribution in [1.29, 1.82) is 0 Å². The average Bonchev–Trinajstić information content (AvgIpc) is 3.21. The molecule has 3 N–H and O–H groups in total. The highest BCUT2D eigenvalue weighted by atomic mass is 19.3. The molecule has 2 aromatic rings. The van der Waals surface area contributed by atoms with Gasteiger partial charge in [-0.1, -0.05) is 48.5 Å². The minimum absolute atomic E-state index is 0.0125. The van der Waals surface area contributed by atoms with Crippen molar-refractivity contribution in [1.82, 2.24) is 10.6 Å². The first-order valence-corrected chi connectivity index (χ1v) is 11.7. The van der Waals surface area contributed by atoms with Gasteiger partial charge in [0.25, 0.3) is 5.92 Å². The van der Waals surface area contributed by atoms with Gasteiger partial charge in [-0.2, -0.15) is 0 Å². The molecule has 0 heterocycles. The number of halogens is 2. The van der Waals surface area contributed by atoms with Gasteiger partial charge in [0, 0.05) is 24.9 Å². The van der Waals surface area contributed by atoms with Gasteiger partial charge in [-0.05, 0) is 41.0 Å². The Bertz CT molecular complexity index is 1120. The predicted molar refractivity (Wildman–Crippen MR) is 122 cm³/mol. The number of hydrogen-bond donors (Lipinski definition) is 3. The van der Waals surface area contributed by atoms with Crippen LogP contribution in [0.4, 0.5) is 13.6 Å². The van der Waals surface area contributed by atoms with E-state index in [2.05, 4.69) is 10.6 Å². The molecule has 184 valence electrons. The highest BCUT2D eigenvalue weighted by Crippen LogP contribution is 2.55. The molecular formula is C26H26F2N2O5. The number of amides is 2. The summed E-state index contributed by atoms with van der Waals surface area (Å²) >= 11 is 0. The molecule has 0 spiro atoms. The number of carboxylic acids is 1. The van der Waals surface area contributed by atoms with E-state index in [1.54, 1.807) is 0 Å². The predicted octanol–water partition coefficient (Wildman–Crippen LogP) is 3.78. The van der Waals surface area contributed by atoms with Gasteiger partial charge in [0.2, 0.25) is 5.91 Å². The van der Waals surface area contributed by atoms with Gasteiger partial charge >= 0.3 is 12.1 Å². The van der Waals surface area contributed by atoms with Crippen LogP contribution in [0.15, 0.2) is 48.5 Å². The number of ether oxygens (including phenoxy) is 1. The molecule has 0 saturated heterocycles. The second-order valence-corrected chi connectivity index (χ2v) is 9.61. The molecule has 35 heavy (non-hydrogen) atoms. The highest BCUT2D eigenvalue weighted by Gasteiger charge is 2.71. The van der Waals surface area contributed by atoms with Gasteiger partial charge in [-0.3, -0.25) is 9.59 Å². The summed E-state index contributed by atoms with van der Waals surface area (Å²) < 4.78 is 33.8. The lowest BCUT2D eigenvalue weighted by Gasteiger charge is -2.35. The van der Waals surface area contributed by atoms with Gasteiger partial charge in [-0.15, -0.1) is 0 Å². The normalized spacial score (nSPS) is 25.5. The molecule has 2 saturated carbocycles. The maximum absolute atomic E-state index is 14.2. The van der Waals surface area contributed by atoms with E-state index in [9.17, 15) is 23.2 Å². The first-order valence-electron chi connectivity index (χ1n) is 11.7. The zero-order valence-corrected chi connectivity index (χ0v) is 18.9. The van der Waals surface area contributed by atoms with Crippen LogP contribution in [0, 0.1) is 17.8 Å². The van der Waals surface area contributed by atoms with Crippen LogP contribution in [0.5, 0.6) is 0 Å². The van der Waals surface area contributed by atoms with E-state index in [0.29, 0.717) is 12.8 Å². The van der Waals surface area contributed by atoms with E-state index < -0.39 is 35.7 Å². The molecule has 0 bridgehead atoms. The number of benzene rings is 2. The summed E-state index contributed by atoms with van der Waals surface area (Å²) in [5.74, 6) is -7.84. The Morgan fingerprint density at radius 3 is 2.20 bits per heavy atom. The summed E-state index contributed by atoms with van der Waals surface area (Å²) in [5.41, 5.74) is 4.27. The van der Waals surface area contributed by atoms with E-state index in [1.165, 1.54) is 0 Å². The lowest BCUT2D eigenvalue weighted by molar-refractivity contribution is -0.139. The van der Waals surface area contributed by atoms with Crippen molar-refractivity contribution < 1.29 is 33.0 Å². The maximum atomic E-state index is 14.2. The SMILES string of the molecule is O=C(O)CC1CC(NC(=O)C2C(CNC(=O)OCC3c4ccccc4-c4ccccc43)C2(F)F)C1. The number of carbonyl (C=O) groups excluding carboxylic acids is 2. The van der Waals surface area contributed by atoms with Crippen LogP contribution in [-0.2, 0) is 14.3 Å². The van der Waals surface area contributed by atoms with Crippen LogP contribution in [0.1, 0.15) is 36.3 Å². The number of fused-ring (bicyclic) bond motifs is 3. The number of alkyl carbamates (subject to hydrolysis) is 1. The largest absolute Gasteiger partial charge is 0.481 e. The van der Waals surface area contributed by atoms with Crippen molar-refractivity contribution in [3.63, 3.8) is 0 Å². The first-order chi connectivity index (χ1) is 16.8. The quantitative estimate of drug-likeness (QED) is 0.529. The molecule has 0 radical (unpaired) electrons. The van der Waals surface area contributed by atoms with E-state index in [4.69, 9.17) is 9.84 Å². The summed E-state index contributed by atoms with van der Waals surface area (Å²) in [6.07, 6.45) is 0.153. The summed E-state index contributed by atoms with van der Waals surface area (Å²) in [5, 5.41) is 13.7. The number of rotatable bonds is 8. The lowest BCUT2D eigenvalue weighted by Crippen LogP contribution is -2.46. The van der Waals surface area contributed by atoms with Crippen molar-refractivity contribution >= 4 is 18.0 Å².